The molecule has 1 aromatic heterocycles. The largest absolute Gasteiger partial charge is 0.495 e. The second-order valence-corrected chi connectivity index (χ2v) is 2.75. The molecular formula is C10H16ClNO. The molecule has 0 aromatic carbocycles. The molecular weight excluding hydrogens is 186 g/mol. The number of ether oxygens (including phenoxy) is 1. The summed E-state index contributed by atoms with van der Waals surface area (Å²) in [5.41, 5.74) is 1.71. The first-order valence-corrected chi connectivity index (χ1v) is 4.70. The van der Waals surface area contributed by atoms with Gasteiger partial charge in [0.1, 0.15) is 5.75 Å². The molecule has 0 aliphatic rings. The zero-order chi connectivity index (χ0) is 10.4. The highest BCUT2D eigenvalue weighted by Gasteiger charge is 2.03. The standard InChI is InChI=1S/C8H10ClNO.C2H6/c1-5-7(9)4-8(11-3)6(2)10-5;1-2/h4H,1-3H3;1-2H3. The van der Waals surface area contributed by atoms with Crippen molar-refractivity contribution in [3.8, 4) is 5.75 Å². The minimum atomic E-state index is 0.646. The molecule has 0 radical (unpaired) electrons. The van der Waals surface area contributed by atoms with Gasteiger partial charge in [-0.1, -0.05) is 25.4 Å². The molecule has 0 aliphatic carbocycles. The van der Waals surface area contributed by atoms with Gasteiger partial charge >= 0.3 is 0 Å². The second kappa shape index (κ2) is 5.81. The van der Waals surface area contributed by atoms with Crippen molar-refractivity contribution in [3.05, 3.63) is 22.5 Å². The van der Waals surface area contributed by atoms with Gasteiger partial charge in [0.15, 0.2) is 0 Å². The lowest BCUT2D eigenvalue weighted by Gasteiger charge is -2.05. The Balaban J connectivity index is 0.000000671. The van der Waals surface area contributed by atoms with Crippen molar-refractivity contribution in [2.45, 2.75) is 27.7 Å². The quantitative estimate of drug-likeness (QED) is 0.695. The van der Waals surface area contributed by atoms with Gasteiger partial charge in [0.2, 0.25) is 0 Å². The highest BCUT2D eigenvalue weighted by Crippen LogP contribution is 2.22. The smallest absolute Gasteiger partial charge is 0.141 e. The average molecular weight is 202 g/mol. The summed E-state index contributed by atoms with van der Waals surface area (Å²) in [6.07, 6.45) is 0. The van der Waals surface area contributed by atoms with Crippen LogP contribution in [0.3, 0.4) is 0 Å². The van der Waals surface area contributed by atoms with Crippen LogP contribution >= 0.6 is 11.6 Å². The van der Waals surface area contributed by atoms with Crippen LogP contribution in [0.4, 0.5) is 0 Å². The molecule has 1 aromatic rings. The molecule has 0 bridgehead atoms. The third kappa shape index (κ3) is 3.23. The Bertz CT molecular complexity index is 274. The maximum Gasteiger partial charge on any atom is 0.141 e. The third-order valence-corrected chi connectivity index (χ3v) is 1.90. The fourth-order valence-corrected chi connectivity index (χ4v) is 1.03. The molecule has 0 aliphatic heterocycles. The minimum absolute atomic E-state index is 0.646. The molecule has 1 heterocycles. The molecule has 2 nitrogen and oxygen atoms in total. The predicted molar refractivity (Wildman–Crippen MR) is 56.6 cm³/mol. The van der Waals surface area contributed by atoms with Gasteiger partial charge in [-0.05, 0) is 13.8 Å². The number of pyridine rings is 1. The summed E-state index contributed by atoms with van der Waals surface area (Å²) < 4.78 is 5.03. The maximum atomic E-state index is 5.82. The van der Waals surface area contributed by atoms with Crippen molar-refractivity contribution >= 4 is 11.6 Å². The Labute approximate surface area is 84.9 Å². The average Bonchev–Trinajstić information content (AvgIpc) is 2.15. The van der Waals surface area contributed by atoms with E-state index < -0.39 is 0 Å². The van der Waals surface area contributed by atoms with Crippen molar-refractivity contribution in [2.24, 2.45) is 0 Å². The third-order valence-electron chi connectivity index (χ3n) is 1.52. The van der Waals surface area contributed by atoms with Crippen LogP contribution in [0.2, 0.25) is 5.02 Å². The van der Waals surface area contributed by atoms with Crippen LogP contribution in [0.1, 0.15) is 25.2 Å². The van der Waals surface area contributed by atoms with Crippen LogP contribution in [0, 0.1) is 13.8 Å². The Kier molecular flexibility index (Phi) is 5.47. The number of methoxy groups -OCH3 is 1. The van der Waals surface area contributed by atoms with E-state index in [2.05, 4.69) is 4.98 Å². The van der Waals surface area contributed by atoms with Gasteiger partial charge in [-0.15, -0.1) is 0 Å². The normalized spacial score (nSPS) is 8.77. The molecule has 0 saturated heterocycles. The van der Waals surface area contributed by atoms with Crippen molar-refractivity contribution in [2.75, 3.05) is 7.11 Å². The fraction of sp³-hybridized carbons (Fsp3) is 0.500. The number of hydrogen-bond donors (Lipinski definition) is 0. The maximum absolute atomic E-state index is 5.82. The van der Waals surface area contributed by atoms with Gasteiger partial charge in [-0.3, -0.25) is 4.98 Å². The summed E-state index contributed by atoms with van der Waals surface area (Å²) in [5.74, 6) is 0.737. The number of aromatic nitrogens is 1. The van der Waals surface area contributed by atoms with E-state index in [0.717, 1.165) is 17.1 Å². The lowest BCUT2D eigenvalue weighted by Crippen LogP contribution is -1.92. The van der Waals surface area contributed by atoms with Gasteiger partial charge in [0, 0.05) is 6.07 Å². The summed E-state index contributed by atoms with van der Waals surface area (Å²) >= 11 is 5.82. The second-order valence-electron chi connectivity index (χ2n) is 2.34. The van der Waals surface area contributed by atoms with Gasteiger partial charge in [-0.25, -0.2) is 0 Å². The summed E-state index contributed by atoms with van der Waals surface area (Å²) in [7, 11) is 1.61. The molecule has 3 heteroatoms. The van der Waals surface area contributed by atoms with E-state index in [1.54, 1.807) is 13.2 Å². The Hall–Kier alpha value is -0.760. The Morgan fingerprint density at radius 1 is 1.23 bits per heavy atom. The monoisotopic (exact) mass is 201 g/mol. The van der Waals surface area contributed by atoms with Crippen molar-refractivity contribution in [3.63, 3.8) is 0 Å². The van der Waals surface area contributed by atoms with Crippen LogP contribution in [0.5, 0.6) is 5.75 Å². The van der Waals surface area contributed by atoms with Crippen molar-refractivity contribution in [1.29, 1.82) is 0 Å². The molecule has 0 saturated carbocycles. The molecule has 0 amide bonds. The number of nitrogens with zero attached hydrogens (tertiary/aromatic N) is 1. The molecule has 0 atom stereocenters. The fourth-order valence-electron chi connectivity index (χ4n) is 0.891. The lowest BCUT2D eigenvalue weighted by molar-refractivity contribution is 0.409. The molecule has 0 unspecified atom stereocenters. The van der Waals surface area contributed by atoms with E-state index >= 15 is 0 Å². The van der Waals surface area contributed by atoms with E-state index in [4.69, 9.17) is 16.3 Å². The lowest BCUT2D eigenvalue weighted by atomic mass is 10.3. The predicted octanol–water partition coefficient (Wildman–Crippen LogP) is 3.39. The van der Waals surface area contributed by atoms with Gasteiger partial charge in [-0.2, -0.15) is 0 Å². The first-order valence-electron chi connectivity index (χ1n) is 4.33. The first-order chi connectivity index (χ1) is 6.15. The Morgan fingerprint density at radius 3 is 2.23 bits per heavy atom. The zero-order valence-corrected chi connectivity index (χ0v) is 9.57. The van der Waals surface area contributed by atoms with Gasteiger partial charge in [0.05, 0.1) is 23.5 Å². The summed E-state index contributed by atoms with van der Waals surface area (Å²) in [6.45, 7) is 7.76. The summed E-state index contributed by atoms with van der Waals surface area (Å²) in [6, 6.07) is 1.78. The highest BCUT2D eigenvalue weighted by molar-refractivity contribution is 6.31. The van der Waals surface area contributed by atoms with E-state index in [0.29, 0.717) is 5.02 Å². The van der Waals surface area contributed by atoms with E-state index in [1.807, 2.05) is 27.7 Å². The van der Waals surface area contributed by atoms with Crippen molar-refractivity contribution < 1.29 is 4.74 Å². The number of hydrogen-bond acceptors (Lipinski definition) is 2. The molecule has 0 N–H and O–H groups in total. The number of rotatable bonds is 1. The molecule has 0 spiro atoms. The number of halogens is 1. The first kappa shape index (κ1) is 12.2. The van der Waals surface area contributed by atoms with Gasteiger partial charge < -0.3 is 4.74 Å². The van der Waals surface area contributed by atoms with E-state index in [9.17, 15) is 0 Å². The van der Waals surface area contributed by atoms with Crippen LogP contribution in [0.15, 0.2) is 6.07 Å². The van der Waals surface area contributed by atoms with E-state index in [-0.39, 0.29) is 0 Å². The molecule has 74 valence electrons. The van der Waals surface area contributed by atoms with Crippen LogP contribution in [0.25, 0.3) is 0 Å². The van der Waals surface area contributed by atoms with Crippen molar-refractivity contribution in [1.82, 2.24) is 4.98 Å². The molecule has 1 rings (SSSR count). The van der Waals surface area contributed by atoms with Crippen LogP contribution < -0.4 is 4.74 Å². The molecule has 0 fully saturated rings. The SMILES string of the molecule is CC.COc1cc(Cl)c(C)nc1C. The zero-order valence-electron chi connectivity index (χ0n) is 8.81. The number of aryl methyl sites for hydroxylation is 2. The minimum Gasteiger partial charge on any atom is -0.495 e. The summed E-state index contributed by atoms with van der Waals surface area (Å²) in [5, 5.41) is 0.646. The highest BCUT2D eigenvalue weighted by atomic mass is 35.5. The summed E-state index contributed by atoms with van der Waals surface area (Å²) in [4.78, 5) is 4.19. The van der Waals surface area contributed by atoms with Crippen LogP contribution in [-0.4, -0.2) is 12.1 Å². The van der Waals surface area contributed by atoms with Crippen LogP contribution in [-0.2, 0) is 0 Å². The molecule has 13 heavy (non-hydrogen) atoms. The topological polar surface area (TPSA) is 22.1 Å². The Morgan fingerprint density at radius 2 is 1.77 bits per heavy atom. The van der Waals surface area contributed by atoms with Gasteiger partial charge in [0.25, 0.3) is 0 Å². The van der Waals surface area contributed by atoms with E-state index in [1.165, 1.54) is 0 Å².